The molecule has 2 saturated heterocycles. The quantitative estimate of drug-likeness (QED) is 0.780. The minimum atomic E-state index is -3.68. The Balaban J connectivity index is 1.69. The van der Waals surface area contributed by atoms with Crippen molar-refractivity contribution in [3.63, 3.8) is 0 Å². The molecular formula is C17H26N2O5S2. The number of sulfonamides is 2. The van der Waals surface area contributed by atoms with Gasteiger partial charge in [0.25, 0.3) is 0 Å². The van der Waals surface area contributed by atoms with Gasteiger partial charge in [0.05, 0.1) is 15.9 Å². The highest BCUT2D eigenvalue weighted by Crippen LogP contribution is 2.24. The van der Waals surface area contributed by atoms with Gasteiger partial charge in [0.2, 0.25) is 20.0 Å². The zero-order valence-electron chi connectivity index (χ0n) is 14.9. The molecule has 26 heavy (non-hydrogen) atoms. The van der Waals surface area contributed by atoms with Gasteiger partial charge >= 0.3 is 0 Å². The van der Waals surface area contributed by atoms with Crippen LogP contribution >= 0.6 is 0 Å². The summed E-state index contributed by atoms with van der Waals surface area (Å²) in [6.45, 7) is 4.02. The van der Waals surface area contributed by atoms with Crippen molar-refractivity contribution in [2.75, 3.05) is 26.2 Å². The fraction of sp³-hybridized carbons (Fsp3) is 0.647. The van der Waals surface area contributed by atoms with Crippen LogP contribution in [-0.4, -0.2) is 53.5 Å². The fourth-order valence-electron chi connectivity index (χ4n) is 3.26. The van der Waals surface area contributed by atoms with Crippen molar-refractivity contribution in [3.05, 3.63) is 24.3 Å². The molecule has 9 heteroatoms. The van der Waals surface area contributed by atoms with E-state index in [2.05, 4.69) is 11.6 Å². The zero-order valence-corrected chi connectivity index (χ0v) is 16.6. The van der Waals surface area contributed by atoms with Crippen molar-refractivity contribution in [2.45, 2.75) is 48.5 Å². The van der Waals surface area contributed by atoms with E-state index in [4.69, 9.17) is 4.74 Å². The lowest BCUT2D eigenvalue weighted by molar-refractivity contribution is 0.114. The minimum absolute atomic E-state index is 0.0571. The molecule has 3 rings (SSSR count). The van der Waals surface area contributed by atoms with Crippen molar-refractivity contribution in [1.82, 2.24) is 9.03 Å². The molecular weight excluding hydrogens is 376 g/mol. The molecule has 1 aromatic rings. The standard InChI is InChI=1S/C17H26N2O5S2/c1-14-8-10-19(11-9-14)26(22,23)17-6-4-16(5-7-17)25(20,21)18-13-15-3-2-12-24-15/h4-7,14-15,18H,2-3,8-13H2,1H3. The van der Waals surface area contributed by atoms with Crippen LogP contribution in [0.4, 0.5) is 0 Å². The van der Waals surface area contributed by atoms with Gasteiger partial charge < -0.3 is 4.74 Å². The second kappa shape index (κ2) is 7.93. The van der Waals surface area contributed by atoms with Crippen molar-refractivity contribution in [2.24, 2.45) is 5.92 Å². The number of piperidine rings is 1. The number of nitrogens with zero attached hydrogens (tertiary/aromatic N) is 1. The first-order valence-corrected chi connectivity index (χ1v) is 11.9. The number of ether oxygens (including phenoxy) is 1. The molecule has 0 radical (unpaired) electrons. The Hall–Kier alpha value is -1.00. The molecule has 0 saturated carbocycles. The van der Waals surface area contributed by atoms with Crippen LogP contribution in [0.2, 0.25) is 0 Å². The smallest absolute Gasteiger partial charge is 0.243 e. The van der Waals surface area contributed by atoms with Gasteiger partial charge in [0.15, 0.2) is 0 Å². The van der Waals surface area contributed by atoms with E-state index < -0.39 is 20.0 Å². The molecule has 0 amide bonds. The maximum absolute atomic E-state index is 12.7. The summed E-state index contributed by atoms with van der Waals surface area (Å²) < 4.78 is 59.5. The lowest BCUT2D eigenvalue weighted by atomic mass is 10.0. The molecule has 2 aliphatic rings. The molecule has 2 fully saturated rings. The van der Waals surface area contributed by atoms with E-state index in [9.17, 15) is 16.8 Å². The second-order valence-electron chi connectivity index (χ2n) is 7.04. The van der Waals surface area contributed by atoms with Crippen molar-refractivity contribution >= 4 is 20.0 Å². The van der Waals surface area contributed by atoms with Crippen LogP contribution in [0, 0.1) is 5.92 Å². The summed E-state index contributed by atoms with van der Waals surface area (Å²) in [7, 11) is -7.26. The highest BCUT2D eigenvalue weighted by molar-refractivity contribution is 7.89. The Bertz CT molecular complexity index is 807. The van der Waals surface area contributed by atoms with Crippen molar-refractivity contribution in [1.29, 1.82) is 0 Å². The summed E-state index contributed by atoms with van der Waals surface area (Å²) in [4.78, 5) is 0.187. The third kappa shape index (κ3) is 4.45. The van der Waals surface area contributed by atoms with Crippen LogP contribution in [0.5, 0.6) is 0 Å². The molecule has 1 unspecified atom stereocenters. The zero-order chi connectivity index (χ0) is 18.8. The molecule has 1 atom stereocenters. The summed E-state index contributed by atoms with van der Waals surface area (Å²) >= 11 is 0. The van der Waals surface area contributed by atoms with Crippen molar-refractivity contribution < 1.29 is 21.6 Å². The van der Waals surface area contributed by atoms with Gasteiger partial charge in [-0.1, -0.05) is 6.92 Å². The normalized spacial score (nSPS) is 23.3. The first kappa shape index (κ1) is 19.8. The Morgan fingerprint density at radius 3 is 2.23 bits per heavy atom. The molecule has 0 spiro atoms. The summed E-state index contributed by atoms with van der Waals surface area (Å²) in [5.41, 5.74) is 0. The average Bonchev–Trinajstić information content (AvgIpc) is 3.14. The third-order valence-electron chi connectivity index (χ3n) is 5.04. The van der Waals surface area contributed by atoms with Crippen LogP contribution in [0.1, 0.15) is 32.6 Å². The number of hydrogen-bond donors (Lipinski definition) is 1. The van der Waals surface area contributed by atoms with Crippen LogP contribution in [-0.2, 0) is 24.8 Å². The maximum Gasteiger partial charge on any atom is 0.243 e. The Morgan fingerprint density at radius 1 is 1.04 bits per heavy atom. The van der Waals surface area contributed by atoms with Gasteiger partial charge in [-0.3, -0.25) is 0 Å². The van der Waals surface area contributed by atoms with Gasteiger partial charge in [0.1, 0.15) is 0 Å². The van der Waals surface area contributed by atoms with Gasteiger partial charge in [-0.25, -0.2) is 21.6 Å². The average molecular weight is 403 g/mol. The topological polar surface area (TPSA) is 92.8 Å². The molecule has 1 aromatic carbocycles. The van der Waals surface area contributed by atoms with Gasteiger partial charge in [0, 0.05) is 26.2 Å². The van der Waals surface area contributed by atoms with E-state index in [1.54, 1.807) is 0 Å². The molecule has 0 bridgehead atoms. The molecule has 1 N–H and O–H groups in total. The van der Waals surface area contributed by atoms with E-state index in [1.165, 1.54) is 28.6 Å². The van der Waals surface area contributed by atoms with Crippen LogP contribution < -0.4 is 4.72 Å². The van der Waals surface area contributed by atoms with E-state index >= 15 is 0 Å². The van der Waals surface area contributed by atoms with Gasteiger partial charge in [-0.2, -0.15) is 4.31 Å². The number of rotatable bonds is 6. The monoisotopic (exact) mass is 402 g/mol. The molecule has 2 heterocycles. The summed E-state index contributed by atoms with van der Waals surface area (Å²) in [6.07, 6.45) is 3.38. The minimum Gasteiger partial charge on any atom is -0.377 e. The van der Waals surface area contributed by atoms with Gasteiger partial charge in [-0.05, 0) is 55.9 Å². The molecule has 146 valence electrons. The summed E-state index contributed by atoms with van der Waals surface area (Å²) in [6, 6.07) is 5.43. The van der Waals surface area contributed by atoms with E-state index in [0.29, 0.717) is 25.6 Å². The third-order valence-corrected chi connectivity index (χ3v) is 8.39. The fourth-order valence-corrected chi connectivity index (χ4v) is 5.79. The van der Waals surface area contributed by atoms with Gasteiger partial charge in [-0.15, -0.1) is 0 Å². The first-order valence-electron chi connectivity index (χ1n) is 9.00. The Labute approximate surface area is 155 Å². The number of hydrogen-bond acceptors (Lipinski definition) is 5. The van der Waals surface area contributed by atoms with E-state index in [1.807, 2.05) is 0 Å². The summed E-state index contributed by atoms with van der Waals surface area (Å²) in [5.74, 6) is 0.531. The number of benzene rings is 1. The molecule has 7 nitrogen and oxygen atoms in total. The van der Waals surface area contributed by atoms with E-state index in [-0.39, 0.29) is 22.4 Å². The lowest BCUT2D eigenvalue weighted by Crippen LogP contribution is -2.37. The van der Waals surface area contributed by atoms with Crippen LogP contribution in [0.3, 0.4) is 0 Å². The Morgan fingerprint density at radius 2 is 1.65 bits per heavy atom. The Kier molecular flexibility index (Phi) is 6.03. The highest BCUT2D eigenvalue weighted by atomic mass is 32.2. The maximum atomic E-state index is 12.7. The summed E-state index contributed by atoms with van der Waals surface area (Å²) in [5, 5.41) is 0. The predicted molar refractivity (Wildman–Crippen MR) is 97.8 cm³/mol. The molecule has 2 aliphatic heterocycles. The van der Waals surface area contributed by atoms with Crippen LogP contribution in [0.15, 0.2) is 34.1 Å². The predicted octanol–water partition coefficient (Wildman–Crippen LogP) is 1.56. The molecule has 0 aromatic heterocycles. The molecule has 0 aliphatic carbocycles. The van der Waals surface area contributed by atoms with E-state index in [0.717, 1.165) is 25.7 Å². The van der Waals surface area contributed by atoms with Crippen molar-refractivity contribution in [3.8, 4) is 0 Å². The first-order chi connectivity index (χ1) is 12.3. The number of nitrogens with one attached hydrogen (secondary N) is 1. The lowest BCUT2D eigenvalue weighted by Gasteiger charge is -2.29. The van der Waals surface area contributed by atoms with Crippen LogP contribution in [0.25, 0.3) is 0 Å². The second-order valence-corrected chi connectivity index (χ2v) is 10.7. The highest BCUT2D eigenvalue weighted by Gasteiger charge is 2.28. The largest absolute Gasteiger partial charge is 0.377 e. The SMILES string of the molecule is CC1CCN(S(=O)(=O)c2ccc(S(=O)(=O)NCC3CCCO3)cc2)CC1.